The van der Waals surface area contributed by atoms with Gasteiger partial charge in [0, 0.05) is 29.6 Å². The molecule has 4 aromatic rings. The van der Waals surface area contributed by atoms with E-state index in [9.17, 15) is 13.2 Å². The Morgan fingerprint density at radius 3 is 2.07 bits per heavy atom. The molecular weight excluding hydrogens is 351 g/mol. The van der Waals surface area contributed by atoms with Crippen molar-refractivity contribution in [1.29, 1.82) is 0 Å². The summed E-state index contributed by atoms with van der Waals surface area (Å²) in [6.45, 7) is 0. The van der Waals surface area contributed by atoms with Crippen LogP contribution in [0.4, 0.5) is 18.9 Å². The molecule has 0 saturated carbocycles. The maximum atomic E-state index is 12.8. The Morgan fingerprint density at radius 1 is 0.778 bits per heavy atom. The number of hydrogen-bond acceptors (Lipinski definition) is 3. The smallest absolute Gasteiger partial charge is 0.254 e. The van der Waals surface area contributed by atoms with Crippen LogP contribution in [0.1, 0.15) is 16.7 Å². The molecule has 0 bridgehead atoms. The third kappa shape index (κ3) is 2.48. The minimum atomic E-state index is -4.34. The monoisotopic (exact) mass is 363 g/mol. The van der Waals surface area contributed by atoms with Crippen molar-refractivity contribution in [3.63, 3.8) is 0 Å². The molecule has 3 nitrogen and oxygen atoms in total. The number of halogens is 3. The normalized spacial score (nSPS) is 13.8. The summed E-state index contributed by atoms with van der Waals surface area (Å²) in [6, 6.07) is 12.8. The number of rotatable bonds is 1. The van der Waals surface area contributed by atoms with Crippen molar-refractivity contribution in [2.45, 2.75) is 12.6 Å². The first-order valence-electron chi connectivity index (χ1n) is 8.42. The fourth-order valence-corrected chi connectivity index (χ4v) is 3.58. The second kappa shape index (κ2) is 5.61. The van der Waals surface area contributed by atoms with Crippen LogP contribution < -0.4 is 0 Å². The van der Waals surface area contributed by atoms with E-state index in [4.69, 9.17) is 4.99 Å². The summed E-state index contributed by atoms with van der Waals surface area (Å²) in [5, 5.41) is 1.88. The Hall–Kier alpha value is -3.28. The Kier molecular flexibility index (Phi) is 3.31. The zero-order valence-electron chi connectivity index (χ0n) is 14.0. The molecule has 132 valence electrons. The van der Waals surface area contributed by atoms with Crippen LogP contribution in [0.15, 0.2) is 65.9 Å². The van der Waals surface area contributed by atoms with Crippen LogP contribution in [0.3, 0.4) is 0 Å². The Morgan fingerprint density at radius 2 is 1.41 bits per heavy atom. The lowest BCUT2D eigenvalue weighted by Crippen LogP contribution is -2.06. The number of nitrogens with zero attached hydrogens (tertiary/aromatic N) is 3. The Balaban J connectivity index is 1.68. The van der Waals surface area contributed by atoms with Gasteiger partial charge in [-0.3, -0.25) is 15.0 Å². The van der Waals surface area contributed by atoms with Gasteiger partial charge < -0.3 is 0 Å². The average Bonchev–Trinajstić information content (AvgIpc) is 3.14. The minimum absolute atomic E-state index is 0.549. The third-order valence-corrected chi connectivity index (χ3v) is 4.84. The second-order valence-corrected chi connectivity index (χ2v) is 6.44. The highest BCUT2D eigenvalue weighted by Gasteiger charge is 2.30. The maximum absolute atomic E-state index is 12.8. The fraction of sp³-hybridized carbons (Fsp3) is 0.0952. The number of benzene rings is 2. The average molecular weight is 363 g/mol. The van der Waals surface area contributed by atoms with E-state index in [1.807, 2.05) is 24.3 Å². The lowest BCUT2D eigenvalue weighted by Gasteiger charge is -2.08. The highest BCUT2D eigenvalue weighted by molar-refractivity contribution is 6.18. The molecular formula is C21H12F3N3. The number of alkyl halides is 3. The first-order chi connectivity index (χ1) is 13.0. The van der Waals surface area contributed by atoms with Crippen molar-refractivity contribution in [3.8, 4) is 0 Å². The topological polar surface area (TPSA) is 38.1 Å². The number of hydrogen-bond donors (Lipinski definition) is 0. The van der Waals surface area contributed by atoms with Crippen LogP contribution in [0.5, 0.6) is 0 Å². The summed E-state index contributed by atoms with van der Waals surface area (Å²) < 4.78 is 38.5. The number of aliphatic imine (C=N–C) groups is 1. The SMILES string of the molecule is FC(F)(F)c1ccc(C2=Nc3c(c4cccnc4c4ncccc34)C2)cc1. The molecule has 0 aliphatic carbocycles. The van der Waals surface area contributed by atoms with E-state index in [2.05, 4.69) is 9.97 Å². The van der Waals surface area contributed by atoms with E-state index in [0.29, 0.717) is 12.0 Å². The van der Waals surface area contributed by atoms with Gasteiger partial charge in [-0.15, -0.1) is 0 Å². The van der Waals surface area contributed by atoms with Crippen molar-refractivity contribution in [2.24, 2.45) is 4.99 Å². The predicted octanol–water partition coefficient (Wildman–Crippen LogP) is 5.48. The largest absolute Gasteiger partial charge is 0.416 e. The third-order valence-electron chi connectivity index (χ3n) is 4.84. The van der Waals surface area contributed by atoms with Gasteiger partial charge in [-0.2, -0.15) is 13.2 Å². The highest BCUT2D eigenvalue weighted by Crippen LogP contribution is 2.41. The van der Waals surface area contributed by atoms with Crippen molar-refractivity contribution < 1.29 is 13.2 Å². The molecule has 3 heterocycles. The summed E-state index contributed by atoms with van der Waals surface area (Å²) in [5.41, 5.74) is 4.24. The molecule has 2 aromatic heterocycles. The lowest BCUT2D eigenvalue weighted by molar-refractivity contribution is -0.137. The van der Waals surface area contributed by atoms with E-state index >= 15 is 0 Å². The van der Waals surface area contributed by atoms with Crippen LogP contribution in [-0.4, -0.2) is 15.7 Å². The van der Waals surface area contributed by atoms with Gasteiger partial charge in [0.1, 0.15) is 0 Å². The molecule has 1 aliphatic rings. The summed E-state index contributed by atoms with van der Waals surface area (Å²) in [4.78, 5) is 13.7. The van der Waals surface area contributed by atoms with E-state index in [0.717, 1.165) is 50.9 Å². The lowest BCUT2D eigenvalue weighted by atomic mass is 9.97. The van der Waals surface area contributed by atoms with E-state index in [-0.39, 0.29) is 0 Å². The maximum Gasteiger partial charge on any atom is 0.416 e. The molecule has 0 radical (unpaired) electrons. The molecule has 0 fully saturated rings. The molecule has 1 aliphatic heterocycles. The molecule has 2 aromatic carbocycles. The van der Waals surface area contributed by atoms with Crippen LogP contribution in [0.25, 0.3) is 21.8 Å². The second-order valence-electron chi connectivity index (χ2n) is 6.44. The number of aromatic nitrogens is 2. The molecule has 27 heavy (non-hydrogen) atoms. The molecule has 0 spiro atoms. The minimum Gasteiger partial charge on any atom is -0.254 e. The van der Waals surface area contributed by atoms with Gasteiger partial charge in [0.15, 0.2) is 0 Å². The summed E-state index contributed by atoms with van der Waals surface area (Å²) in [6.07, 6.45) is -0.343. The van der Waals surface area contributed by atoms with Gasteiger partial charge in [0.25, 0.3) is 0 Å². The Bertz CT molecular complexity index is 1230. The number of fused-ring (bicyclic) bond motifs is 6. The van der Waals surface area contributed by atoms with Crippen molar-refractivity contribution in [1.82, 2.24) is 9.97 Å². The standard InChI is InChI=1S/C21H12F3N3/c22-21(23,24)13-7-5-12(6-8-13)17-11-16-14-3-1-9-25-19(14)20-15(18(16)27-17)4-2-10-26-20/h1-10H,11H2. The molecule has 5 rings (SSSR count). The zero-order chi connectivity index (χ0) is 18.6. The van der Waals surface area contributed by atoms with Crippen molar-refractivity contribution in [3.05, 3.63) is 77.6 Å². The summed E-state index contributed by atoms with van der Waals surface area (Å²) in [7, 11) is 0. The predicted molar refractivity (Wildman–Crippen MR) is 98.4 cm³/mol. The van der Waals surface area contributed by atoms with E-state index in [1.54, 1.807) is 12.4 Å². The van der Waals surface area contributed by atoms with Gasteiger partial charge in [-0.05, 0) is 41.5 Å². The van der Waals surface area contributed by atoms with Crippen LogP contribution in [0.2, 0.25) is 0 Å². The zero-order valence-corrected chi connectivity index (χ0v) is 14.0. The first kappa shape index (κ1) is 15.9. The van der Waals surface area contributed by atoms with Gasteiger partial charge >= 0.3 is 6.18 Å². The molecule has 0 amide bonds. The molecule has 6 heteroatoms. The van der Waals surface area contributed by atoms with Crippen LogP contribution >= 0.6 is 0 Å². The Labute approximate surface area is 152 Å². The van der Waals surface area contributed by atoms with Gasteiger partial charge in [-0.25, -0.2) is 0 Å². The first-order valence-corrected chi connectivity index (χ1v) is 8.42. The van der Waals surface area contributed by atoms with Crippen LogP contribution in [-0.2, 0) is 12.6 Å². The molecule has 0 atom stereocenters. The summed E-state index contributed by atoms with van der Waals surface area (Å²) in [5.74, 6) is 0. The van der Waals surface area contributed by atoms with E-state index in [1.165, 1.54) is 12.1 Å². The van der Waals surface area contributed by atoms with Gasteiger partial charge in [-0.1, -0.05) is 18.2 Å². The summed E-state index contributed by atoms with van der Waals surface area (Å²) >= 11 is 0. The van der Waals surface area contributed by atoms with Crippen LogP contribution in [0, 0.1) is 0 Å². The molecule has 0 N–H and O–H groups in total. The quantitative estimate of drug-likeness (QED) is 0.420. The van der Waals surface area contributed by atoms with Crippen molar-refractivity contribution in [2.75, 3.05) is 0 Å². The fourth-order valence-electron chi connectivity index (χ4n) is 3.58. The van der Waals surface area contributed by atoms with E-state index < -0.39 is 11.7 Å². The van der Waals surface area contributed by atoms with Gasteiger partial charge in [0.05, 0.1) is 28.0 Å². The molecule has 0 saturated heterocycles. The number of pyridine rings is 2. The highest BCUT2D eigenvalue weighted by atomic mass is 19.4. The van der Waals surface area contributed by atoms with Crippen molar-refractivity contribution >= 4 is 33.2 Å². The molecule has 0 unspecified atom stereocenters. The van der Waals surface area contributed by atoms with Gasteiger partial charge in [0.2, 0.25) is 0 Å².